The Labute approximate surface area is 264 Å². The summed E-state index contributed by atoms with van der Waals surface area (Å²) in [4.78, 5) is 2.47. The number of allylic oxidation sites excluding steroid dienone is 7. The van der Waals surface area contributed by atoms with Crippen LogP contribution in [0, 0.1) is 0 Å². The highest BCUT2D eigenvalue weighted by atomic mass is 16.3. The third kappa shape index (κ3) is 3.95. The molecule has 0 saturated heterocycles. The van der Waals surface area contributed by atoms with Gasteiger partial charge in [-0.25, -0.2) is 0 Å². The topological polar surface area (TPSA) is 16.4 Å². The van der Waals surface area contributed by atoms with E-state index in [1.807, 2.05) is 0 Å². The van der Waals surface area contributed by atoms with E-state index in [1.165, 1.54) is 50.0 Å². The van der Waals surface area contributed by atoms with E-state index in [4.69, 9.17) is 4.42 Å². The predicted molar refractivity (Wildman–Crippen MR) is 189 cm³/mol. The number of nitrogens with zero attached hydrogens (tertiary/aromatic N) is 1. The lowest BCUT2D eigenvalue weighted by Gasteiger charge is -2.33. The summed E-state index contributed by atoms with van der Waals surface area (Å²) in [7, 11) is 0. The molecule has 1 heterocycles. The molecule has 0 fully saturated rings. The molecule has 1 unspecified atom stereocenters. The van der Waals surface area contributed by atoms with Crippen molar-refractivity contribution in [1.82, 2.24) is 0 Å². The zero-order valence-corrected chi connectivity index (χ0v) is 25.8. The van der Waals surface area contributed by atoms with Crippen LogP contribution in [0.2, 0.25) is 0 Å². The maximum absolute atomic E-state index is 6.68. The highest BCUT2D eigenvalue weighted by Gasteiger charge is 2.42. The first kappa shape index (κ1) is 26.3. The lowest BCUT2D eigenvalue weighted by atomic mass is 9.78. The minimum absolute atomic E-state index is 0.0370. The first-order valence-corrected chi connectivity index (χ1v) is 16.2. The smallest absolute Gasteiger partial charge is 0.159 e. The van der Waals surface area contributed by atoms with E-state index in [9.17, 15) is 0 Å². The van der Waals surface area contributed by atoms with Gasteiger partial charge in [0, 0.05) is 33.2 Å². The molecule has 0 radical (unpaired) electrons. The van der Waals surface area contributed by atoms with Crippen molar-refractivity contribution in [3.05, 3.63) is 161 Å². The van der Waals surface area contributed by atoms with Crippen molar-refractivity contribution in [2.75, 3.05) is 4.90 Å². The van der Waals surface area contributed by atoms with Crippen LogP contribution in [0.25, 0.3) is 38.3 Å². The Bertz CT molecular complexity index is 2290. The largest absolute Gasteiger partial charge is 0.454 e. The van der Waals surface area contributed by atoms with Crippen LogP contribution in [0.4, 0.5) is 11.4 Å². The molecular weight excluding hydrogens is 546 g/mol. The maximum Gasteiger partial charge on any atom is 0.159 e. The zero-order chi connectivity index (χ0) is 30.1. The molecule has 3 aliphatic carbocycles. The van der Waals surface area contributed by atoms with E-state index in [0.717, 1.165) is 46.9 Å². The minimum Gasteiger partial charge on any atom is -0.454 e. The van der Waals surface area contributed by atoms with Crippen LogP contribution in [0.1, 0.15) is 55.7 Å². The number of benzene rings is 5. The standard InChI is InChI=1S/C43H35NO/c1-43(2)37-20-10-8-16-32(37)33-24-23-29(27-38(33)43)44(40-21-12-19-36-35-18-9-11-22-41(35)45-42(36)40)39-26-25-30(28-13-4-3-5-14-28)31-15-6-7-17-34(31)39/h3-4,6-13,15-23,25-27,33H,5,14,24H2,1-2H3. The second-order valence-electron chi connectivity index (χ2n) is 13.2. The molecule has 3 aliphatic rings. The molecule has 0 aliphatic heterocycles. The minimum atomic E-state index is -0.0370. The average molecular weight is 582 g/mol. The molecule has 1 aromatic heterocycles. The predicted octanol–water partition coefficient (Wildman–Crippen LogP) is 11.9. The lowest BCUT2D eigenvalue weighted by molar-refractivity contribution is 0.609. The van der Waals surface area contributed by atoms with E-state index in [2.05, 4.69) is 152 Å². The Morgan fingerprint density at radius 3 is 2.38 bits per heavy atom. The molecule has 0 spiro atoms. The van der Waals surface area contributed by atoms with Crippen LogP contribution in [0.3, 0.4) is 0 Å². The second kappa shape index (κ2) is 9.97. The van der Waals surface area contributed by atoms with Crippen molar-refractivity contribution in [1.29, 1.82) is 0 Å². The van der Waals surface area contributed by atoms with Crippen molar-refractivity contribution >= 4 is 49.7 Å². The molecule has 0 saturated carbocycles. The zero-order valence-electron chi connectivity index (χ0n) is 25.8. The number of rotatable bonds is 4. The first-order valence-electron chi connectivity index (χ1n) is 16.2. The quantitative estimate of drug-likeness (QED) is 0.206. The molecule has 218 valence electrons. The van der Waals surface area contributed by atoms with Gasteiger partial charge in [-0.05, 0) is 71.2 Å². The summed E-state index contributed by atoms with van der Waals surface area (Å²) in [5.74, 6) is 0.411. The van der Waals surface area contributed by atoms with E-state index in [-0.39, 0.29) is 5.41 Å². The van der Waals surface area contributed by atoms with E-state index < -0.39 is 0 Å². The van der Waals surface area contributed by atoms with Gasteiger partial charge in [-0.1, -0.05) is 129 Å². The Balaban J connectivity index is 1.30. The normalized spacial score (nSPS) is 18.4. The lowest BCUT2D eigenvalue weighted by Crippen LogP contribution is -2.23. The fraction of sp³-hybridized carbons (Fsp3) is 0.163. The van der Waals surface area contributed by atoms with Crippen molar-refractivity contribution < 1.29 is 4.42 Å². The molecule has 2 nitrogen and oxygen atoms in total. The van der Waals surface area contributed by atoms with Crippen molar-refractivity contribution in [3.8, 4) is 0 Å². The van der Waals surface area contributed by atoms with Crippen LogP contribution in [-0.2, 0) is 5.41 Å². The fourth-order valence-electron chi connectivity index (χ4n) is 8.18. The molecular formula is C43H35NO. The molecule has 5 aromatic carbocycles. The first-order chi connectivity index (χ1) is 22.1. The van der Waals surface area contributed by atoms with E-state index >= 15 is 0 Å². The number of anilines is 2. The summed E-state index contributed by atoms with van der Waals surface area (Å²) in [6, 6.07) is 37.6. The van der Waals surface area contributed by atoms with Crippen molar-refractivity contribution in [2.45, 2.75) is 44.4 Å². The maximum atomic E-state index is 6.68. The summed E-state index contributed by atoms with van der Waals surface area (Å²) in [5.41, 5.74) is 12.4. The summed E-state index contributed by atoms with van der Waals surface area (Å²) >= 11 is 0. The van der Waals surface area contributed by atoms with Crippen LogP contribution in [0.5, 0.6) is 0 Å². The van der Waals surface area contributed by atoms with Gasteiger partial charge in [0.25, 0.3) is 0 Å². The van der Waals surface area contributed by atoms with Crippen LogP contribution in [0.15, 0.2) is 149 Å². The Morgan fingerprint density at radius 2 is 1.51 bits per heavy atom. The molecule has 1 atom stereocenters. The Hall–Kier alpha value is -5.08. The van der Waals surface area contributed by atoms with Crippen LogP contribution >= 0.6 is 0 Å². The number of furan rings is 1. The molecule has 9 rings (SSSR count). The van der Waals surface area contributed by atoms with Crippen LogP contribution < -0.4 is 4.90 Å². The van der Waals surface area contributed by atoms with Gasteiger partial charge in [-0.2, -0.15) is 0 Å². The molecule has 0 amide bonds. The summed E-state index contributed by atoms with van der Waals surface area (Å²) in [6.07, 6.45) is 14.8. The fourth-order valence-corrected chi connectivity index (χ4v) is 8.18. The molecule has 2 heteroatoms. The monoisotopic (exact) mass is 581 g/mol. The van der Waals surface area contributed by atoms with Crippen LogP contribution in [-0.4, -0.2) is 0 Å². The van der Waals surface area contributed by atoms with Gasteiger partial charge in [-0.15, -0.1) is 0 Å². The SMILES string of the molecule is CC1(C)C2=CC(N(c3ccc(C4=CC=CCC4)c4ccccc34)c3cccc4c3oc3ccccc34)=CCC2c2ccccc21. The van der Waals surface area contributed by atoms with Gasteiger partial charge >= 0.3 is 0 Å². The third-order valence-electron chi connectivity index (χ3n) is 10.4. The van der Waals surface area contributed by atoms with Gasteiger partial charge in [0.15, 0.2) is 5.58 Å². The highest BCUT2D eigenvalue weighted by molar-refractivity contribution is 6.11. The molecule has 0 N–H and O–H groups in total. The second-order valence-corrected chi connectivity index (χ2v) is 13.2. The Morgan fingerprint density at radius 1 is 0.733 bits per heavy atom. The van der Waals surface area contributed by atoms with Crippen molar-refractivity contribution in [3.63, 3.8) is 0 Å². The van der Waals surface area contributed by atoms with Gasteiger partial charge in [0.05, 0.1) is 11.4 Å². The van der Waals surface area contributed by atoms with E-state index in [1.54, 1.807) is 0 Å². The Kier molecular flexibility index (Phi) is 5.83. The highest BCUT2D eigenvalue weighted by Crippen LogP contribution is 2.55. The van der Waals surface area contributed by atoms with Gasteiger partial charge in [-0.3, -0.25) is 0 Å². The van der Waals surface area contributed by atoms with Gasteiger partial charge < -0.3 is 9.32 Å². The number of para-hydroxylation sites is 2. The van der Waals surface area contributed by atoms with Gasteiger partial charge in [0.2, 0.25) is 0 Å². The number of hydrogen-bond acceptors (Lipinski definition) is 2. The molecule has 6 aromatic rings. The summed E-state index contributed by atoms with van der Waals surface area (Å²) < 4.78 is 6.68. The van der Waals surface area contributed by atoms with Gasteiger partial charge in [0.1, 0.15) is 5.58 Å². The average Bonchev–Trinajstić information content (AvgIpc) is 3.58. The number of fused-ring (bicyclic) bond motifs is 7. The van der Waals surface area contributed by atoms with Crippen molar-refractivity contribution in [2.24, 2.45) is 0 Å². The number of hydrogen-bond donors (Lipinski definition) is 0. The molecule has 0 bridgehead atoms. The van der Waals surface area contributed by atoms with E-state index in [0.29, 0.717) is 5.92 Å². The summed E-state index contributed by atoms with van der Waals surface area (Å²) in [6.45, 7) is 4.78. The third-order valence-corrected chi connectivity index (χ3v) is 10.4. The molecule has 45 heavy (non-hydrogen) atoms. The summed E-state index contributed by atoms with van der Waals surface area (Å²) in [5, 5.41) is 4.82.